The summed E-state index contributed by atoms with van der Waals surface area (Å²) >= 11 is 0. The van der Waals surface area contributed by atoms with Crippen molar-refractivity contribution in [3.63, 3.8) is 0 Å². The van der Waals surface area contributed by atoms with Gasteiger partial charge in [-0.2, -0.15) is 0 Å². The van der Waals surface area contributed by atoms with Gasteiger partial charge < -0.3 is 0 Å². The molecule has 1 aromatic heterocycles. The molecule has 100 valence electrons. The summed E-state index contributed by atoms with van der Waals surface area (Å²) in [5.41, 5.74) is 3.47. The predicted molar refractivity (Wildman–Crippen MR) is 71.7 cm³/mol. The van der Waals surface area contributed by atoms with Crippen LogP contribution in [-0.2, 0) is 6.54 Å². The molecule has 0 saturated carbocycles. The number of aromatic nitrogens is 1. The first-order chi connectivity index (χ1) is 8.60. The number of amides is 1. The molecular formula is C13H22N4O. The van der Waals surface area contributed by atoms with Crippen molar-refractivity contribution in [1.82, 2.24) is 15.3 Å². The van der Waals surface area contributed by atoms with E-state index in [1.807, 2.05) is 0 Å². The van der Waals surface area contributed by atoms with Crippen molar-refractivity contribution < 1.29 is 4.79 Å². The summed E-state index contributed by atoms with van der Waals surface area (Å²) in [7, 11) is 0. The molecule has 0 spiro atoms. The van der Waals surface area contributed by atoms with Crippen LogP contribution >= 0.6 is 0 Å². The summed E-state index contributed by atoms with van der Waals surface area (Å²) in [6.07, 6.45) is 2.77. The molecule has 0 aromatic carbocycles. The van der Waals surface area contributed by atoms with Crippen LogP contribution in [0.4, 0.5) is 0 Å². The van der Waals surface area contributed by atoms with Gasteiger partial charge in [-0.15, -0.1) is 0 Å². The predicted octanol–water partition coefficient (Wildman–Crippen LogP) is 1.31. The molecule has 0 aliphatic carbocycles. The fraction of sp³-hybridized carbons (Fsp3) is 0.538. The number of rotatable bonds is 6. The molecule has 1 aromatic rings. The number of carbonyl (C=O) groups is 1. The summed E-state index contributed by atoms with van der Waals surface area (Å²) in [6.45, 7) is 8.07. The second kappa shape index (κ2) is 7.08. The Hall–Kier alpha value is -1.46. The molecule has 1 amide bonds. The Morgan fingerprint density at radius 3 is 2.83 bits per heavy atom. The molecule has 0 bridgehead atoms. The lowest BCUT2D eigenvalue weighted by Gasteiger charge is -2.26. The lowest BCUT2D eigenvalue weighted by molar-refractivity contribution is 0.0950. The SMILES string of the molecule is CCCN(Cc1ncccc1C(=O)NN)C(C)C. The maximum atomic E-state index is 11.6. The average molecular weight is 250 g/mol. The first-order valence-corrected chi connectivity index (χ1v) is 6.29. The molecular weight excluding hydrogens is 228 g/mol. The summed E-state index contributed by atoms with van der Waals surface area (Å²) in [6, 6.07) is 3.91. The van der Waals surface area contributed by atoms with E-state index >= 15 is 0 Å². The Morgan fingerprint density at radius 1 is 1.56 bits per heavy atom. The van der Waals surface area contributed by atoms with Crippen molar-refractivity contribution in [1.29, 1.82) is 0 Å². The molecule has 0 aliphatic rings. The Morgan fingerprint density at radius 2 is 2.28 bits per heavy atom. The van der Waals surface area contributed by atoms with Crippen molar-refractivity contribution in [3.05, 3.63) is 29.6 Å². The molecule has 5 nitrogen and oxygen atoms in total. The van der Waals surface area contributed by atoms with E-state index in [2.05, 4.69) is 36.1 Å². The summed E-state index contributed by atoms with van der Waals surface area (Å²) in [5.74, 6) is 4.89. The van der Waals surface area contributed by atoms with Gasteiger partial charge in [-0.3, -0.25) is 20.1 Å². The number of hydrazine groups is 1. The highest BCUT2D eigenvalue weighted by Gasteiger charge is 2.15. The number of nitrogen functional groups attached to an aromatic ring is 1. The number of nitrogens with one attached hydrogen (secondary N) is 1. The Labute approximate surface area is 108 Å². The Kier molecular flexibility index (Phi) is 5.74. The molecule has 0 aliphatic heterocycles. The minimum absolute atomic E-state index is 0.293. The smallest absolute Gasteiger partial charge is 0.267 e. The van der Waals surface area contributed by atoms with Crippen LogP contribution in [0.5, 0.6) is 0 Å². The van der Waals surface area contributed by atoms with Gasteiger partial charge in [-0.05, 0) is 38.9 Å². The highest BCUT2D eigenvalue weighted by molar-refractivity contribution is 5.94. The third kappa shape index (κ3) is 3.78. The maximum absolute atomic E-state index is 11.6. The third-order valence-electron chi connectivity index (χ3n) is 2.86. The molecule has 1 rings (SSSR count). The van der Waals surface area contributed by atoms with Gasteiger partial charge in [0.2, 0.25) is 0 Å². The largest absolute Gasteiger partial charge is 0.295 e. The maximum Gasteiger partial charge on any atom is 0.267 e. The lowest BCUT2D eigenvalue weighted by atomic mass is 10.1. The zero-order valence-corrected chi connectivity index (χ0v) is 11.3. The number of hydrogen-bond acceptors (Lipinski definition) is 4. The average Bonchev–Trinajstić information content (AvgIpc) is 2.37. The van der Waals surface area contributed by atoms with Crippen molar-refractivity contribution >= 4 is 5.91 Å². The molecule has 0 fully saturated rings. The second-order valence-electron chi connectivity index (χ2n) is 4.54. The van der Waals surface area contributed by atoms with Crippen LogP contribution in [0, 0.1) is 0 Å². The number of nitrogens with two attached hydrogens (primary N) is 1. The highest BCUT2D eigenvalue weighted by atomic mass is 16.2. The summed E-state index contributed by atoms with van der Waals surface area (Å²) in [5, 5.41) is 0. The Balaban J connectivity index is 2.91. The van der Waals surface area contributed by atoms with Gasteiger partial charge in [0.1, 0.15) is 0 Å². The first-order valence-electron chi connectivity index (χ1n) is 6.29. The van der Waals surface area contributed by atoms with Crippen molar-refractivity contribution in [2.75, 3.05) is 6.54 Å². The molecule has 18 heavy (non-hydrogen) atoms. The molecule has 0 atom stereocenters. The molecule has 3 N–H and O–H groups in total. The van der Waals surface area contributed by atoms with E-state index in [1.165, 1.54) is 0 Å². The highest BCUT2D eigenvalue weighted by Crippen LogP contribution is 2.11. The topological polar surface area (TPSA) is 71.2 Å². The van der Waals surface area contributed by atoms with Crippen molar-refractivity contribution in [2.45, 2.75) is 39.8 Å². The van der Waals surface area contributed by atoms with E-state index in [0.717, 1.165) is 18.7 Å². The van der Waals surface area contributed by atoms with Gasteiger partial charge in [-0.25, -0.2) is 5.84 Å². The Bertz CT molecular complexity index is 392. The zero-order valence-electron chi connectivity index (χ0n) is 11.3. The van der Waals surface area contributed by atoms with E-state index in [4.69, 9.17) is 5.84 Å². The van der Waals surface area contributed by atoms with E-state index in [9.17, 15) is 4.79 Å². The van der Waals surface area contributed by atoms with Crippen LogP contribution in [0.1, 0.15) is 43.2 Å². The van der Waals surface area contributed by atoms with Gasteiger partial charge in [0, 0.05) is 18.8 Å². The first kappa shape index (κ1) is 14.6. The fourth-order valence-electron chi connectivity index (χ4n) is 1.85. The zero-order chi connectivity index (χ0) is 13.5. The number of pyridine rings is 1. The molecule has 0 radical (unpaired) electrons. The van der Waals surface area contributed by atoms with Gasteiger partial charge in [0.25, 0.3) is 5.91 Å². The van der Waals surface area contributed by atoms with Gasteiger partial charge in [-0.1, -0.05) is 6.92 Å². The number of nitrogens with zero attached hydrogens (tertiary/aromatic N) is 2. The summed E-state index contributed by atoms with van der Waals surface area (Å²) in [4.78, 5) is 18.2. The number of hydrogen-bond donors (Lipinski definition) is 2. The monoisotopic (exact) mass is 250 g/mol. The fourth-order valence-corrected chi connectivity index (χ4v) is 1.85. The van der Waals surface area contributed by atoms with Crippen molar-refractivity contribution in [2.24, 2.45) is 5.84 Å². The summed E-state index contributed by atoms with van der Waals surface area (Å²) < 4.78 is 0. The van der Waals surface area contributed by atoms with Crippen LogP contribution in [-0.4, -0.2) is 28.4 Å². The lowest BCUT2D eigenvalue weighted by Crippen LogP contribution is -2.34. The van der Waals surface area contributed by atoms with Gasteiger partial charge in [0.15, 0.2) is 0 Å². The van der Waals surface area contributed by atoms with Crippen LogP contribution in [0.15, 0.2) is 18.3 Å². The molecule has 0 unspecified atom stereocenters. The van der Waals surface area contributed by atoms with E-state index < -0.39 is 0 Å². The van der Waals surface area contributed by atoms with Gasteiger partial charge in [0.05, 0.1) is 11.3 Å². The standard InChI is InChI=1S/C13H22N4O/c1-4-8-17(10(2)3)9-12-11(13(18)16-14)6-5-7-15-12/h5-7,10H,4,8-9,14H2,1-3H3,(H,16,18). The molecule has 0 saturated heterocycles. The van der Waals surface area contributed by atoms with Crippen LogP contribution < -0.4 is 11.3 Å². The quantitative estimate of drug-likeness (QED) is 0.453. The second-order valence-corrected chi connectivity index (χ2v) is 4.54. The molecule has 1 heterocycles. The normalized spacial score (nSPS) is 11.0. The number of carbonyl (C=O) groups excluding carboxylic acids is 1. The van der Waals surface area contributed by atoms with E-state index in [-0.39, 0.29) is 5.91 Å². The molecule has 5 heteroatoms. The van der Waals surface area contributed by atoms with Gasteiger partial charge >= 0.3 is 0 Å². The van der Waals surface area contributed by atoms with Crippen LogP contribution in [0.2, 0.25) is 0 Å². The minimum Gasteiger partial charge on any atom is -0.295 e. The van der Waals surface area contributed by atoms with Crippen LogP contribution in [0.3, 0.4) is 0 Å². The van der Waals surface area contributed by atoms with Crippen LogP contribution in [0.25, 0.3) is 0 Å². The third-order valence-corrected chi connectivity index (χ3v) is 2.86. The minimum atomic E-state index is -0.293. The van der Waals surface area contributed by atoms with E-state index in [1.54, 1.807) is 18.3 Å². The van der Waals surface area contributed by atoms with Crippen molar-refractivity contribution in [3.8, 4) is 0 Å². The van der Waals surface area contributed by atoms with E-state index in [0.29, 0.717) is 18.2 Å².